The Morgan fingerprint density at radius 3 is 2.62 bits per heavy atom. The van der Waals surface area contributed by atoms with Crippen LogP contribution in [0.25, 0.3) is 10.9 Å². The van der Waals surface area contributed by atoms with Crippen molar-refractivity contribution < 1.29 is 0 Å². The standard InChI is InChI=1S/C10H10INS/c1-12-8-6-4-3-5-7(8)9(11)10(12)13-2/h3-6H,1-2H3. The molecule has 0 atom stereocenters. The van der Waals surface area contributed by atoms with Crippen LogP contribution in [0.3, 0.4) is 0 Å². The SMILES string of the molecule is CSc1c(I)c2ccccc2n1C. The molecule has 1 nitrogen and oxygen atoms in total. The molecule has 0 fully saturated rings. The summed E-state index contributed by atoms with van der Waals surface area (Å²) in [6.07, 6.45) is 2.12. The Bertz CT molecular complexity index is 408. The van der Waals surface area contributed by atoms with E-state index in [-0.39, 0.29) is 0 Å². The zero-order valence-electron chi connectivity index (χ0n) is 7.54. The van der Waals surface area contributed by atoms with Gasteiger partial charge in [-0.3, -0.25) is 0 Å². The summed E-state index contributed by atoms with van der Waals surface area (Å²) in [6.45, 7) is 0. The van der Waals surface area contributed by atoms with Crippen molar-refractivity contribution >= 4 is 45.3 Å². The molecule has 0 unspecified atom stereocenters. The molecule has 0 N–H and O–H groups in total. The third-order valence-corrected chi connectivity index (χ3v) is 4.51. The van der Waals surface area contributed by atoms with E-state index in [1.807, 2.05) is 0 Å². The maximum Gasteiger partial charge on any atom is 0.0889 e. The second-order valence-electron chi connectivity index (χ2n) is 2.90. The van der Waals surface area contributed by atoms with E-state index in [1.165, 1.54) is 19.5 Å². The Kier molecular flexibility index (Phi) is 2.55. The number of rotatable bonds is 1. The van der Waals surface area contributed by atoms with E-state index >= 15 is 0 Å². The number of aromatic nitrogens is 1. The number of para-hydroxylation sites is 1. The van der Waals surface area contributed by atoms with Crippen molar-refractivity contribution in [2.24, 2.45) is 7.05 Å². The lowest BCUT2D eigenvalue weighted by molar-refractivity contribution is 0.857. The number of fused-ring (bicyclic) bond motifs is 1. The van der Waals surface area contributed by atoms with Crippen LogP contribution in [0.5, 0.6) is 0 Å². The maximum absolute atomic E-state index is 2.42. The van der Waals surface area contributed by atoms with Crippen molar-refractivity contribution in [1.82, 2.24) is 4.57 Å². The van der Waals surface area contributed by atoms with Crippen LogP contribution in [-0.2, 0) is 7.05 Å². The minimum atomic E-state index is 1.32. The highest BCUT2D eigenvalue weighted by Gasteiger charge is 2.10. The second-order valence-corrected chi connectivity index (χ2v) is 4.77. The van der Waals surface area contributed by atoms with Crippen LogP contribution in [-0.4, -0.2) is 10.8 Å². The highest BCUT2D eigenvalue weighted by Crippen LogP contribution is 2.31. The lowest BCUT2D eigenvalue weighted by Gasteiger charge is -1.99. The largest absolute Gasteiger partial charge is 0.338 e. The number of hydrogen-bond donors (Lipinski definition) is 0. The van der Waals surface area contributed by atoms with Gasteiger partial charge >= 0.3 is 0 Å². The Balaban J connectivity index is 2.88. The second kappa shape index (κ2) is 3.53. The van der Waals surface area contributed by atoms with E-state index in [4.69, 9.17) is 0 Å². The van der Waals surface area contributed by atoms with Gasteiger partial charge in [-0.15, -0.1) is 11.8 Å². The first kappa shape index (κ1) is 9.40. The number of aryl methyl sites for hydroxylation is 1. The van der Waals surface area contributed by atoms with Gasteiger partial charge in [-0.1, -0.05) is 18.2 Å². The molecule has 1 heterocycles. The van der Waals surface area contributed by atoms with Crippen LogP contribution >= 0.6 is 34.4 Å². The molecule has 3 heteroatoms. The molecule has 1 aromatic carbocycles. The molecule has 0 amide bonds. The summed E-state index contributed by atoms with van der Waals surface area (Å²) >= 11 is 4.22. The molecule has 0 aliphatic heterocycles. The van der Waals surface area contributed by atoms with Crippen molar-refractivity contribution in [3.63, 3.8) is 0 Å². The van der Waals surface area contributed by atoms with E-state index in [9.17, 15) is 0 Å². The molecule has 68 valence electrons. The molecule has 0 aliphatic rings. The first-order chi connectivity index (χ1) is 6.25. The third kappa shape index (κ3) is 1.38. The van der Waals surface area contributed by atoms with Crippen LogP contribution in [0.1, 0.15) is 0 Å². The van der Waals surface area contributed by atoms with E-state index in [1.54, 1.807) is 11.8 Å². The van der Waals surface area contributed by atoms with E-state index in [0.29, 0.717) is 0 Å². The fraction of sp³-hybridized carbons (Fsp3) is 0.200. The number of thioether (sulfide) groups is 1. The van der Waals surface area contributed by atoms with Gasteiger partial charge in [-0.05, 0) is 34.9 Å². The molecule has 2 aromatic rings. The number of hydrogen-bond acceptors (Lipinski definition) is 1. The lowest BCUT2D eigenvalue weighted by atomic mass is 10.2. The smallest absolute Gasteiger partial charge is 0.0889 e. The van der Waals surface area contributed by atoms with E-state index in [2.05, 4.69) is 64.7 Å². The van der Waals surface area contributed by atoms with Gasteiger partial charge in [0.05, 0.1) is 8.60 Å². The van der Waals surface area contributed by atoms with Gasteiger partial charge < -0.3 is 4.57 Å². The van der Waals surface area contributed by atoms with Gasteiger partial charge in [0.25, 0.3) is 0 Å². The first-order valence-electron chi connectivity index (χ1n) is 4.02. The fourth-order valence-corrected chi connectivity index (χ4v) is 3.69. The molecular weight excluding hydrogens is 293 g/mol. The van der Waals surface area contributed by atoms with Crippen molar-refractivity contribution in [2.75, 3.05) is 6.26 Å². The van der Waals surface area contributed by atoms with Crippen LogP contribution in [0.2, 0.25) is 0 Å². The van der Waals surface area contributed by atoms with Crippen LogP contribution in [0.15, 0.2) is 29.3 Å². The monoisotopic (exact) mass is 303 g/mol. The molecule has 0 saturated carbocycles. The Morgan fingerprint density at radius 2 is 2.00 bits per heavy atom. The fourth-order valence-electron chi connectivity index (χ4n) is 1.55. The molecule has 13 heavy (non-hydrogen) atoms. The van der Waals surface area contributed by atoms with Gasteiger partial charge in [-0.2, -0.15) is 0 Å². The first-order valence-corrected chi connectivity index (χ1v) is 6.33. The number of benzene rings is 1. The normalized spacial score (nSPS) is 11.0. The summed E-state index contributed by atoms with van der Waals surface area (Å²) in [5.41, 5.74) is 1.32. The van der Waals surface area contributed by atoms with Crippen molar-refractivity contribution in [3.8, 4) is 0 Å². The molecule has 0 radical (unpaired) electrons. The van der Waals surface area contributed by atoms with Crippen LogP contribution in [0, 0.1) is 3.57 Å². The average Bonchev–Trinajstić information content (AvgIpc) is 2.41. The highest BCUT2D eigenvalue weighted by molar-refractivity contribution is 14.1. The van der Waals surface area contributed by atoms with E-state index < -0.39 is 0 Å². The minimum Gasteiger partial charge on any atom is -0.338 e. The number of halogens is 1. The van der Waals surface area contributed by atoms with Crippen molar-refractivity contribution in [3.05, 3.63) is 27.8 Å². The molecule has 0 bridgehead atoms. The summed E-state index contributed by atoms with van der Waals surface area (Å²) in [6, 6.07) is 8.52. The van der Waals surface area contributed by atoms with Crippen LogP contribution in [0.4, 0.5) is 0 Å². The molecular formula is C10H10INS. The highest BCUT2D eigenvalue weighted by atomic mass is 127. The zero-order chi connectivity index (χ0) is 9.42. The van der Waals surface area contributed by atoms with Gasteiger partial charge in [0.1, 0.15) is 0 Å². The maximum atomic E-state index is 2.42. The zero-order valence-corrected chi connectivity index (χ0v) is 10.5. The van der Waals surface area contributed by atoms with Crippen LogP contribution < -0.4 is 0 Å². The summed E-state index contributed by atoms with van der Waals surface area (Å²) in [7, 11) is 2.12. The quantitative estimate of drug-likeness (QED) is 0.576. The van der Waals surface area contributed by atoms with Gasteiger partial charge in [0.15, 0.2) is 0 Å². The van der Waals surface area contributed by atoms with E-state index in [0.717, 1.165) is 0 Å². The summed E-state index contributed by atoms with van der Waals surface area (Å²) in [5.74, 6) is 0. The summed E-state index contributed by atoms with van der Waals surface area (Å²) in [4.78, 5) is 0. The summed E-state index contributed by atoms with van der Waals surface area (Å²) in [5, 5.41) is 2.71. The average molecular weight is 303 g/mol. The van der Waals surface area contributed by atoms with Crippen molar-refractivity contribution in [1.29, 1.82) is 0 Å². The molecule has 0 aliphatic carbocycles. The Morgan fingerprint density at radius 1 is 1.31 bits per heavy atom. The Hall–Kier alpha value is -0.160. The topological polar surface area (TPSA) is 4.93 Å². The van der Waals surface area contributed by atoms with Gasteiger partial charge in [0.2, 0.25) is 0 Å². The van der Waals surface area contributed by atoms with Gasteiger partial charge in [0, 0.05) is 18.0 Å². The van der Waals surface area contributed by atoms with Crippen molar-refractivity contribution in [2.45, 2.75) is 5.03 Å². The molecule has 0 spiro atoms. The minimum absolute atomic E-state index is 1.32. The predicted molar refractivity (Wildman–Crippen MR) is 67.4 cm³/mol. The van der Waals surface area contributed by atoms with Gasteiger partial charge in [-0.25, -0.2) is 0 Å². The summed E-state index contributed by atoms with van der Waals surface area (Å²) < 4.78 is 3.62. The number of nitrogens with zero attached hydrogens (tertiary/aromatic N) is 1. The molecule has 0 saturated heterocycles. The lowest BCUT2D eigenvalue weighted by Crippen LogP contribution is -1.88. The Labute approximate surface area is 95.6 Å². The predicted octanol–water partition coefficient (Wildman–Crippen LogP) is 3.50. The third-order valence-electron chi connectivity index (χ3n) is 2.19. The molecule has 2 rings (SSSR count). The molecule has 1 aromatic heterocycles.